The fourth-order valence-corrected chi connectivity index (χ4v) is 5.22. The zero-order chi connectivity index (χ0) is 30.7. The molecule has 0 radical (unpaired) electrons. The number of carbonyl (C=O) groups is 4. The number of carbonyl (C=O) groups excluding carboxylic acids is 3. The van der Waals surface area contributed by atoms with Gasteiger partial charge in [0.1, 0.15) is 5.75 Å². The molecule has 1 unspecified atom stereocenters. The quantitative estimate of drug-likeness (QED) is 0.434. The van der Waals surface area contributed by atoms with Gasteiger partial charge in [-0.05, 0) is 58.6 Å². The van der Waals surface area contributed by atoms with Crippen molar-refractivity contribution in [2.24, 2.45) is 0 Å². The molecule has 1 aromatic carbocycles. The van der Waals surface area contributed by atoms with Crippen LogP contribution < -0.4 is 15.0 Å². The summed E-state index contributed by atoms with van der Waals surface area (Å²) < 4.78 is 53.6. The van der Waals surface area contributed by atoms with Crippen LogP contribution in [0.4, 0.5) is 28.4 Å². The minimum absolute atomic E-state index is 0.00913. The van der Waals surface area contributed by atoms with Crippen molar-refractivity contribution in [3.8, 4) is 5.75 Å². The van der Waals surface area contributed by atoms with Crippen molar-refractivity contribution in [1.29, 1.82) is 0 Å². The van der Waals surface area contributed by atoms with Crippen LogP contribution in [-0.4, -0.2) is 89.9 Å². The largest absolute Gasteiger partial charge is 0.476 e. The van der Waals surface area contributed by atoms with Gasteiger partial charge in [-0.2, -0.15) is 13.2 Å². The Kier molecular flexibility index (Phi) is 9.65. The van der Waals surface area contributed by atoms with E-state index in [4.69, 9.17) is 4.74 Å². The van der Waals surface area contributed by atoms with Crippen LogP contribution in [0.25, 0.3) is 0 Å². The summed E-state index contributed by atoms with van der Waals surface area (Å²) >= 11 is 0. The van der Waals surface area contributed by atoms with Crippen LogP contribution in [0.1, 0.15) is 69.3 Å². The maximum absolute atomic E-state index is 14.4. The fraction of sp³-hybridized carbons (Fsp3) is 0.630. The molecule has 1 saturated heterocycles. The highest BCUT2D eigenvalue weighted by molar-refractivity contribution is 6.05. The van der Waals surface area contributed by atoms with Crippen LogP contribution in [0.5, 0.6) is 5.75 Å². The molecule has 4 amide bonds. The molecular formula is C27H37F3N4O7. The highest BCUT2D eigenvalue weighted by Gasteiger charge is 2.46. The Morgan fingerprint density at radius 1 is 1.29 bits per heavy atom. The van der Waals surface area contributed by atoms with E-state index in [0.29, 0.717) is 12.8 Å². The number of anilines is 1. The first kappa shape index (κ1) is 31.8. The van der Waals surface area contributed by atoms with Crippen LogP contribution in [0, 0.1) is 0 Å². The summed E-state index contributed by atoms with van der Waals surface area (Å²) in [7, 11) is 1.20. The predicted molar refractivity (Wildman–Crippen MR) is 142 cm³/mol. The predicted octanol–water partition coefficient (Wildman–Crippen LogP) is 4.34. The van der Waals surface area contributed by atoms with Crippen molar-refractivity contribution >= 4 is 29.7 Å². The van der Waals surface area contributed by atoms with Gasteiger partial charge in [-0.25, -0.2) is 9.59 Å². The zero-order valence-corrected chi connectivity index (χ0v) is 23.8. The second-order valence-corrected chi connectivity index (χ2v) is 10.6. The molecule has 11 nitrogen and oxygen atoms in total. The number of halogens is 3. The lowest BCUT2D eigenvalue weighted by Crippen LogP contribution is -2.55. The molecule has 14 heteroatoms. The van der Waals surface area contributed by atoms with E-state index in [1.54, 1.807) is 20.8 Å². The number of nitrogens with one attached hydrogen (secondary N) is 1. The number of alkyl carbamates (subject to hydrolysis) is 1. The zero-order valence-electron chi connectivity index (χ0n) is 23.8. The lowest BCUT2D eigenvalue weighted by atomic mass is 9.94. The number of carboxylic acid groups (broad SMARTS) is 1. The summed E-state index contributed by atoms with van der Waals surface area (Å²) in [6.07, 6.45) is -5.46. The number of alkyl halides is 3. The molecule has 3 rings (SSSR count). The van der Waals surface area contributed by atoms with Crippen LogP contribution in [0.3, 0.4) is 0 Å². The Morgan fingerprint density at radius 2 is 1.98 bits per heavy atom. The number of hydrogen-bond donors (Lipinski definition) is 2. The summed E-state index contributed by atoms with van der Waals surface area (Å²) in [4.78, 5) is 54.1. The monoisotopic (exact) mass is 586 g/mol. The van der Waals surface area contributed by atoms with Gasteiger partial charge in [0.25, 0.3) is 11.8 Å². The fourth-order valence-electron chi connectivity index (χ4n) is 5.22. The summed E-state index contributed by atoms with van der Waals surface area (Å²) in [5.74, 6) is -1.60. The number of benzene rings is 1. The van der Waals surface area contributed by atoms with E-state index in [1.807, 2.05) is 0 Å². The minimum Gasteiger partial charge on any atom is -0.476 e. The number of amides is 4. The lowest BCUT2D eigenvalue weighted by Gasteiger charge is -2.42. The van der Waals surface area contributed by atoms with Crippen molar-refractivity contribution in [3.63, 3.8) is 0 Å². The molecule has 1 aromatic rings. The Balaban J connectivity index is 2.09. The van der Waals surface area contributed by atoms with Gasteiger partial charge >= 0.3 is 18.4 Å². The summed E-state index contributed by atoms with van der Waals surface area (Å²) in [6.45, 7) is 6.88. The van der Waals surface area contributed by atoms with E-state index in [1.165, 1.54) is 23.8 Å². The number of rotatable bonds is 8. The Hall–Kier alpha value is -3.71. The van der Waals surface area contributed by atoms with Gasteiger partial charge in [-0.1, -0.05) is 6.92 Å². The Labute approximate surface area is 236 Å². The highest BCUT2D eigenvalue weighted by Crippen LogP contribution is 2.45. The molecule has 2 heterocycles. The Bertz CT molecular complexity index is 1180. The summed E-state index contributed by atoms with van der Waals surface area (Å²) in [5, 5.41) is 12.0. The first-order chi connectivity index (χ1) is 19.1. The van der Waals surface area contributed by atoms with Gasteiger partial charge in [0.2, 0.25) is 0 Å². The molecular weight excluding hydrogens is 549 g/mol. The number of fused-ring (bicyclic) bond motifs is 1. The second-order valence-electron chi connectivity index (χ2n) is 10.6. The third kappa shape index (κ3) is 6.79. The molecule has 0 aliphatic carbocycles. The molecule has 0 aromatic heterocycles. The third-order valence-electron chi connectivity index (χ3n) is 7.50. The molecule has 2 aliphatic rings. The molecule has 0 bridgehead atoms. The minimum atomic E-state index is -4.93. The average molecular weight is 587 g/mol. The molecule has 228 valence electrons. The molecule has 2 N–H and O–H groups in total. The summed E-state index contributed by atoms with van der Waals surface area (Å²) in [6, 6.07) is 0.617. The van der Waals surface area contributed by atoms with Crippen LogP contribution in [-0.2, 0) is 15.7 Å². The van der Waals surface area contributed by atoms with Crippen molar-refractivity contribution in [3.05, 3.63) is 23.3 Å². The van der Waals surface area contributed by atoms with Gasteiger partial charge in [0.15, 0.2) is 5.60 Å². The van der Waals surface area contributed by atoms with E-state index in [2.05, 4.69) is 10.1 Å². The Morgan fingerprint density at radius 3 is 2.54 bits per heavy atom. The third-order valence-corrected chi connectivity index (χ3v) is 7.50. The number of ether oxygens (including phenoxy) is 2. The smallest absolute Gasteiger partial charge is 0.417 e. The first-order valence-electron chi connectivity index (χ1n) is 13.5. The number of piperidine rings is 1. The lowest BCUT2D eigenvalue weighted by molar-refractivity contribution is -0.138. The van der Waals surface area contributed by atoms with Crippen LogP contribution in [0.15, 0.2) is 12.1 Å². The normalized spacial score (nSPS) is 20.8. The van der Waals surface area contributed by atoms with Crippen LogP contribution in [0.2, 0.25) is 0 Å². The van der Waals surface area contributed by atoms with Gasteiger partial charge in [-0.15, -0.1) is 0 Å². The van der Waals surface area contributed by atoms with E-state index >= 15 is 0 Å². The van der Waals surface area contributed by atoms with Crippen molar-refractivity contribution in [2.75, 3.05) is 38.2 Å². The van der Waals surface area contributed by atoms with E-state index in [0.717, 1.165) is 17.0 Å². The summed E-state index contributed by atoms with van der Waals surface area (Å²) in [5.41, 5.74) is -3.30. The first-order valence-corrected chi connectivity index (χ1v) is 13.5. The molecule has 41 heavy (non-hydrogen) atoms. The second kappa shape index (κ2) is 12.4. The van der Waals surface area contributed by atoms with Crippen molar-refractivity contribution in [2.45, 2.75) is 77.2 Å². The van der Waals surface area contributed by atoms with Gasteiger partial charge in [-0.3, -0.25) is 9.59 Å². The molecule has 1 fully saturated rings. The van der Waals surface area contributed by atoms with Gasteiger partial charge in [0.05, 0.1) is 30.0 Å². The highest BCUT2D eigenvalue weighted by atomic mass is 19.4. The maximum atomic E-state index is 14.4. The van der Waals surface area contributed by atoms with E-state index in [9.17, 15) is 37.5 Å². The van der Waals surface area contributed by atoms with Crippen molar-refractivity contribution in [1.82, 2.24) is 15.1 Å². The molecule has 2 atom stereocenters. The topological polar surface area (TPSA) is 129 Å². The number of hydrogen-bond acceptors (Lipinski definition) is 6. The average Bonchev–Trinajstić information content (AvgIpc) is 2.91. The van der Waals surface area contributed by atoms with Crippen LogP contribution >= 0.6 is 0 Å². The van der Waals surface area contributed by atoms with E-state index in [-0.39, 0.29) is 50.5 Å². The molecule has 2 aliphatic heterocycles. The molecule has 0 spiro atoms. The standard InChI is InChI=1S/C27H37F3N4O7/c1-6-26(4)23(36)33(12-8-10-31-24(37)40-5)20-13-18(19(27(28,29)30)14-21(20)41-26)22(35)34(16(2)3)17-9-7-11-32(15-17)25(38)39/h13-14,16-17H,6-12,15H2,1-5H3,(H,31,37)(H,38,39)/t17-,26?/m1/s1. The van der Waals surface area contributed by atoms with Gasteiger partial charge in [0, 0.05) is 32.2 Å². The van der Waals surface area contributed by atoms with Gasteiger partial charge < -0.3 is 34.6 Å². The number of nitrogens with zero attached hydrogens (tertiary/aromatic N) is 3. The number of likely N-dealkylation sites (tertiary alicyclic amines) is 1. The van der Waals surface area contributed by atoms with E-state index < -0.39 is 59.0 Å². The van der Waals surface area contributed by atoms with Crippen molar-refractivity contribution < 1.29 is 46.9 Å². The number of methoxy groups -OCH3 is 1. The SMILES string of the molecule is CCC1(C)Oc2cc(C(F)(F)F)c(C(=O)N(C(C)C)[C@@H]3CCCN(C(=O)O)C3)cc2N(CCCNC(=O)OC)C1=O. The maximum Gasteiger partial charge on any atom is 0.417 e. The molecule has 0 saturated carbocycles.